The van der Waals surface area contributed by atoms with Gasteiger partial charge in [-0.15, -0.1) is 0 Å². The van der Waals surface area contributed by atoms with Crippen molar-refractivity contribution in [2.45, 2.75) is 71.8 Å². The van der Waals surface area contributed by atoms with E-state index >= 15 is 0 Å². The first kappa shape index (κ1) is 21.2. The smallest absolute Gasteiger partial charge is 0.249 e. The Morgan fingerprint density at radius 2 is 1.70 bits per heavy atom. The number of hydrogen-bond acceptors (Lipinski definition) is 2. The number of aryl methyl sites for hydroxylation is 1. The minimum absolute atomic E-state index is 0.109. The second kappa shape index (κ2) is 9.72. The maximum absolute atomic E-state index is 13.1. The summed E-state index contributed by atoms with van der Waals surface area (Å²) in [4.78, 5) is 14.9. The van der Waals surface area contributed by atoms with Gasteiger partial charge in [0.2, 0.25) is 5.91 Å². The van der Waals surface area contributed by atoms with E-state index in [0.717, 1.165) is 29.8 Å². The van der Waals surface area contributed by atoms with Crippen LogP contribution in [-0.2, 0) is 10.3 Å². The van der Waals surface area contributed by atoms with Gasteiger partial charge < -0.3 is 4.90 Å². The van der Waals surface area contributed by atoms with Crippen molar-refractivity contribution < 1.29 is 4.79 Å². The maximum Gasteiger partial charge on any atom is 0.249 e. The van der Waals surface area contributed by atoms with Crippen LogP contribution in [0, 0.1) is 6.92 Å². The molecule has 0 unspecified atom stereocenters. The highest BCUT2D eigenvalue weighted by Crippen LogP contribution is 2.25. The second-order valence-corrected chi connectivity index (χ2v) is 8.02. The zero-order valence-electron chi connectivity index (χ0n) is 17.7. The molecule has 0 aliphatic heterocycles. The van der Waals surface area contributed by atoms with Crippen LogP contribution in [0.2, 0.25) is 0 Å². The lowest BCUT2D eigenvalue weighted by Gasteiger charge is -2.30. The van der Waals surface area contributed by atoms with Crippen LogP contribution in [0.25, 0.3) is 11.3 Å². The van der Waals surface area contributed by atoms with E-state index < -0.39 is 5.54 Å². The first-order valence-corrected chi connectivity index (χ1v) is 10.3. The van der Waals surface area contributed by atoms with E-state index in [-0.39, 0.29) is 5.91 Å². The monoisotopic (exact) mass is 369 g/mol. The molecule has 0 radical (unpaired) electrons. The van der Waals surface area contributed by atoms with Gasteiger partial charge in [-0.2, -0.15) is 5.10 Å². The molecule has 4 heteroatoms. The number of amides is 1. The fourth-order valence-corrected chi connectivity index (χ4v) is 3.42. The quantitative estimate of drug-likeness (QED) is 0.525. The molecule has 1 amide bonds. The van der Waals surface area contributed by atoms with Crippen LogP contribution >= 0.6 is 0 Å². The molecule has 4 nitrogen and oxygen atoms in total. The first-order chi connectivity index (χ1) is 12.9. The summed E-state index contributed by atoms with van der Waals surface area (Å²) in [6.07, 6.45) is 9.38. The van der Waals surface area contributed by atoms with Crippen molar-refractivity contribution in [1.29, 1.82) is 0 Å². The van der Waals surface area contributed by atoms with Crippen molar-refractivity contribution in [3.8, 4) is 11.3 Å². The summed E-state index contributed by atoms with van der Waals surface area (Å²) in [5, 5.41) is 4.75. The van der Waals surface area contributed by atoms with Crippen molar-refractivity contribution in [1.82, 2.24) is 14.7 Å². The van der Waals surface area contributed by atoms with Gasteiger partial charge in [-0.05, 0) is 32.8 Å². The number of hydrogen-bond donors (Lipinski definition) is 0. The third kappa shape index (κ3) is 5.44. The number of unbranched alkanes of at least 4 members (excludes halogenated alkanes) is 5. The zero-order valence-corrected chi connectivity index (χ0v) is 17.7. The molecule has 0 aliphatic carbocycles. The number of nitrogens with zero attached hydrogens (tertiary/aromatic N) is 3. The molecule has 2 aromatic rings. The third-order valence-electron chi connectivity index (χ3n) is 5.23. The average molecular weight is 370 g/mol. The van der Waals surface area contributed by atoms with Crippen LogP contribution in [0.4, 0.5) is 0 Å². The van der Waals surface area contributed by atoms with Crippen LogP contribution < -0.4 is 0 Å². The number of carbonyl (C=O) groups is 1. The molecule has 0 spiro atoms. The van der Waals surface area contributed by atoms with E-state index in [1.807, 2.05) is 61.8 Å². The fourth-order valence-electron chi connectivity index (χ4n) is 3.42. The van der Waals surface area contributed by atoms with Crippen LogP contribution in [0.3, 0.4) is 0 Å². The van der Waals surface area contributed by atoms with E-state index in [2.05, 4.69) is 19.1 Å². The number of rotatable bonds is 10. The van der Waals surface area contributed by atoms with E-state index in [0.29, 0.717) is 0 Å². The van der Waals surface area contributed by atoms with Crippen molar-refractivity contribution in [2.75, 3.05) is 13.6 Å². The van der Waals surface area contributed by atoms with Gasteiger partial charge in [-0.25, -0.2) is 0 Å². The Hall–Kier alpha value is -2.10. The van der Waals surface area contributed by atoms with E-state index in [1.54, 1.807) is 0 Å². The van der Waals surface area contributed by atoms with Gasteiger partial charge in [-0.1, -0.05) is 69.4 Å². The predicted octanol–water partition coefficient (Wildman–Crippen LogP) is 5.41. The number of aromatic nitrogens is 2. The Kier molecular flexibility index (Phi) is 7.64. The number of likely N-dealkylation sites (N-methyl/N-ethyl adjacent to an activating group) is 1. The summed E-state index contributed by atoms with van der Waals surface area (Å²) in [6.45, 7) is 8.99. The highest BCUT2D eigenvalue weighted by atomic mass is 16.2. The van der Waals surface area contributed by atoms with Crippen molar-refractivity contribution >= 4 is 5.91 Å². The van der Waals surface area contributed by atoms with Crippen LogP contribution in [0.1, 0.15) is 64.9 Å². The summed E-state index contributed by atoms with van der Waals surface area (Å²) in [6, 6.07) is 10.1. The van der Waals surface area contributed by atoms with Gasteiger partial charge in [-0.3, -0.25) is 9.48 Å². The van der Waals surface area contributed by atoms with Gasteiger partial charge in [0.25, 0.3) is 0 Å². The molecular weight excluding hydrogens is 334 g/mol. The highest BCUT2D eigenvalue weighted by Gasteiger charge is 2.33. The number of carbonyl (C=O) groups excluding carboxylic acids is 1. The lowest BCUT2D eigenvalue weighted by molar-refractivity contribution is -0.138. The summed E-state index contributed by atoms with van der Waals surface area (Å²) in [5.74, 6) is 0.109. The first-order valence-electron chi connectivity index (χ1n) is 10.3. The van der Waals surface area contributed by atoms with E-state index in [9.17, 15) is 4.79 Å². The van der Waals surface area contributed by atoms with Gasteiger partial charge in [0.15, 0.2) is 0 Å². The van der Waals surface area contributed by atoms with Gasteiger partial charge >= 0.3 is 0 Å². The molecule has 0 aliphatic rings. The molecule has 0 fully saturated rings. The molecule has 0 atom stereocenters. The molecule has 0 saturated carbocycles. The van der Waals surface area contributed by atoms with E-state index in [1.165, 1.54) is 32.1 Å². The Balaban J connectivity index is 2.01. The zero-order chi connectivity index (χ0) is 19.9. The minimum atomic E-state index is -0.700. The summed E-state index contributed by atoms with van der Waals surface area (Å²) in [7, 11) is 1.91. The highest BCUT2D eigenvalue weighted by molar-refractivity contribution is 5.83. The molecule has 0 bridgehead atoms. The molecule has 0 N–H and O–H groups in total. The van der Waals surface area contributed by atoms with Crippen molar-refractivity contribution in [2.24, 2.45) is 0 Å². The lowest BCUT2D eigenvalue weighted by atomic mass is 10.0. The normalized spacial score (nSPS) is 11.6. The molecule has 148 valence electrons. The second-order valence-electron chi connectivity index (χ2n) is 8.02. The molecule has 1 aromatic carbocycles. The maximum atomic E-state index is 13.1. The SMILES string of the molecule is CCCCCCCCN(C)C(=O)C(C)(C)n1cc(C)c(-c2ccccc2)n1. The Morgan fingerprint density at radius 3 is 2.37 bits per heavy atom. The van der Waals surface area contributed by atoms with Crippen LogP contribution in [-0.4, -0.2) is 34.2 Å². The molecule has 2 rings (SSSR count). The van der Waals surface area contributed by atoms with Gasteiger partial charge in [0, 0.05) is 25.4 Å². The Labute approximate surface area is 164 Å². The summed E-state index contributed by atoms with van der Waals surface area (Å²) in [5.41, 5.74) is 2.41. The van der Waals surface area contributed by atoms with Crippen molar-refractivity contribution in [3.05, 3.63) is 42.1 Å². The van der Waals surface area contributed by atoms with Crippen molar-refractivity contribution in [3.63, 3.8) is 0 Å². The minimum Gasteiger partial charge on any atom is -0.344 e. The van der Waals surface area contributed by atoms with Crippen LogP contribution in [0.15, 0.2) is 36.5 Å². The molecule has 0 saturated heterocycles. The Bertz CT molecular complexity index is 718. The predicted molar refractivity (Wildman–Crippen MR) is 113 cm³/mol. The third-order valence-corrected chi connectivity index (χ3v) is 5.23. The van der Waals surface area contributed by atoms with E-state index in [4.69, 9.17) is 5.10 Å². The Morgan fingerprint density at radius 1 is 1.07 bits per heavy atom. The lowest BCUT2D eigenvalue weighted by Crippen LogP contribution is -2.46. The molecule has 1 aromatic heterocycles. The number of benzene rings is 1. The fraction of sp³-hybridized carbons (Fsp3) is 0.565. The van der Waals surface area contributed by atoms with Gasteiger partial charge in [0.1, 0.15) is 5.54 Å². The molecular formula is C23H35N3O. The topological polar surface area (TPSA) is 38.1 Å². The summed E-state index contributed by atoms with van der Waals surface area (Å²) < 4.78 is 1.82. The average Bonchev–Trinajstić information content (AvgIpc) is 3.07. The largest absolute Gasteiger partial charge is 0.344 e. The molecule has 1 heterocycles. The molecule has 27 heavy (non-hydrogen) atoms. The van der Waals surface area contributed by atoms with Gasteiger partial charge in [0.05, 0.1) is 5.69 Å². The standard InChI is InChI=1S/C23H35N3O/c1-6-7-8-9-10-14-17-25(5)22(27)23(3,4)26-18-19(2)21(24-26)20-15-12-11-13-16-20/h11-13,15-16,18H,6-10,14,17H2,1-5H3. The summed E-state index contributed by atoms with van der Waals surface area (Å²) >= 11 is 0. The van der Waals surface area contributed by atoms with Crippen LogP contribution in [0.5, 0.6) is 0 Å².